The van der Waals surface area contributed by atoms with E-state index in [0.29, 0.717) is 25.1 Å². The fraction of sp³-hybridized carbons (Fsp3) is 0.462. The van der Waals surface area contributed by atoms with Crippen molar-refractivity contribution in [2.75, 3.05) is 20.3 Å². The Morgan fingerprint density at radius 2 is 2.05 bits per heavy atom. The van der Waals surface area contributed by atoms with E-state index in [0.717, 1.165) is 12.1 Å². The lowest BCUT2D eigenvalue weighted by Gasteiger charge is -2.06. The van der Waals surface area contributed by atoms with Gasteiger partial charge in [0.25, 0.3) is 0 Å². The Hall–Kier alpha value is -1.76. The van der Waals surface area contributed by atoms with Gasteiger partial charge in [0.15, 0.2) is 23.4 Å². The second kappa shape index (κ2) is 6.13. The third kappa shape index (κ3) is 3.41. The smallest absolute Gasteiger partial charge is 0.194 e. The number of guanidine groups is 1. The van der Waals surface area contributed by atoms with Crippen LogP contribution in [0.2, 0.25) is 0 Å². The first-order chi connectivity index (χ1) is 9.52. The molecule has 0 aliphatic heterocycles. The third-order valence-corrected chi connectivity index (χ3v) is 3.14. The van der Waals surface area contributed by atoms with Crippen molar-refractivity contribution in [3.8, 4) is 0 Å². The number of nitrogens with zero attached hydrogens (tertiary/aromatic N) is 1. The first kappa shape index (κ1) is 14.6. The fourth-order valence-electron chi connectivity index (χ4n) is 2.01. The normalized spacial score (nSPS) is 21.9. The van der Waals surface area contributed by atoms with Crippen LogP contribution in [0.5, 0.6) is 0 Å². The molecule has 1 fully saturated rings. The molecule has 0 spiro atoms. The Morgan fingerprint density at radius 1 is 1.40 bits per heavy atom. The number of benzene rings is 1. The number of hydrogen-bond donors (Lipinski definition) is 2. The van der Waals surface area contributed by atoms with E-state index in [1.807, 2.05) is 0 Å². The predicted octanol–water partition coefficient (Wildman–Crippen LogP) is 1.51. The highest BCUT2D eigenvalue weighted by Gasteiger charge is 2.39. The molecule has 0 amide bonds. The quantitative estimate of drug-likeness (QED) is 0.373. The third-order valence-electron chi connectivity index (χ3n) is 3.14. The number of aliphatic imine (C=N–C) groups is 1. The summed E-state index contributed by atoms with van der Waals surface area (Å²) in [6.07, 6.45) is 0.672. The Kier molecular flexibility index (Phi) is 4.49. The maximum Gasteiger partial charge on any atom is 0.194 e. The number of hydrogen-bond acceptors (Lipinski definition) is 2. The van der Waals surface area contributed by atoms with E-state index in [9.17, 15) is 13.2 Å². The van der Waals surface area contributed by atoms with Crippen LogP contribution in [0.15, 0.2) is 17.1 Å². The Balaban J connectivity index is 1.93. The van der Waals surface area contributed by atoms with Gasteiger partial charge in [-0.25, -0.2) is 13.2 Å². The van der Waals surface area contributed by atoms with Crippen molar-refractivity contribution in [3.05, 3.63) is 35.1 Å². The molecule has 0 radical (unpaired) electrons. The number of methoxy groups -OCH3 is 1. The summed E-state index contributed by atoms with van der Waals surface area (Å²) in [5.41, 5.74) is 6.07. The highest BCUT2D eigenvalue weighted by atomic mass is 19.2. The lowest BCUT2D eigenvalue weighted by Crippen LogP contribution is -2.34. The van der Waals surface area contributed by atoms with Crippen LogP contribution >= 0.6 is 0 Å². The molecule has 0 heterocycles. The average molecular weight is 287 g/mol. The molecule has 110 valence electrons. The van der Waals surface area contributed by atoms with Gasteiger partial charge in [-0.1, -0.05) is 0 Å². The molecule has 1 aliphatic carbocycles. The summed E-state index contributed by atoms with van der Waals surface area (Å²) < 4.78 is 43.9. The van der Waals surface area contributed by atoms with Gasteiger partial charge in [-0.05, 0) is 24.1 Å². The molecule has 3 N–H and O–H groups in total. The number of rotatable bonds is 5. The maximum atomic E-state index is 13.1. The van der Waals surface area contributed by atoms with Gasteiger partial charge in [-0.2, -0.15) is 0 Å². The second-order valence-electron chi connectivity index (χ2n) is 4.65. The van der Waals surface area contributed by atoms with Crippen LogP contribution in [-0.4, -0.2) is 32.3 Å². The van der Waals surface area contributed by atoms with Crippen molar-refractivity contribution >= 4 is 5.96 Å². The predicted molar refractivity (Wildman–Crippen MR) is 69.0 cm³/mol. The number of nitrogens with one attached hydrogen (secondary N) is 1. The molecular weight excluding hydrogens is 271 g/mol. The minimum absolute atomic E-state index is 0.0365. The van der Waals surface area contributed by atoms with Gasteiger partial charge in [-0.15, -0.1) is 0 Å². The zero-order valence-corrected chi connectivity index (χ0v) is 11.0. The average Bonchev–Trinajstić information content (AvgIpc) is 3.15. The number of nitrogens with two attached hydrogens (primary N) is 1. The van der Waals surface area contributed by atoms with E-state index < -0.39 is 17.5 Å². The lowest BCUT2D eigenvalue weighted by molar-refractivity contribution is 0.208. The first-order valence-corrected chi connectivity index (χ1v) is 6.22. The van der Waals surface area contributed by atoms with Crippen molar-refractivity contribution in [1.82, 2.24) is 5.32 Å². The number of ether oxygens (including phenoxy) is 1. The molecule has 0 bridgehead atoms. The summed E-state index contributed by atoms with van der Waals surface area (Å²) in [6, 6.07) is 2.00. The topological polar surface area (TPSA) is 59.6 Å². The van der Waals surface area contributed by atoms with Crippen molar-refractivity contribution in [3.63, 3.8) is 0 Å². The van der Waals surface area contributed by atoms with Gasteiger partial charge in [0, 0.05) is 19.1 Å². The Labute approximate surface area is 114 Å². The van der Waals surface area contributed by atoms with Gasteiger partial charge < -0.3 is 15.8 Å². The summed E-state index contributed by atoms with van der Waals surface area (Å²) in [5, 5.41) is 2.95. The molecule has 2 atom stereocenters. The Morgan fingerprint density at radius 3 is 2.65 bits per heavy atom. The summed E-state index contributed by atoms with van der Waals surface area (Å²) in [5.74, 6) is -3.62. The monoisotopic (exact) mass is 287 g/mol. The van der Waals surface area contributed by atoms with Crippen molar-refractivity contribution in [2.24, 2.45) is 10.7 Å². The van der Waals surface area contributed by atoms with Crippen LogP contribution < -0.4 is 11.1 Å². The van der Waals surface area contributed by atoms with Crippen molar-refractivity contribution in [1.29, 1.82) is 0 Å². The van der Waals surface area contributed by atoms with Gasteiger partial charge >= 0.3 is 0 Å². The molecule has 1 saturated carbocycles. The summed E-state index contributed by atoms with van der Waals surface area (Å²) >= 11 is 0. The van der Waals surface area contributed by atoms with Gasteiger partial charge in [0.1, 0.15) is 0 Å². The first-order valence-electron chi connectivity index (χ1n) is 6.22. The molecule has 7 heteroatoms. The zero-order chi connectivity index (χ0) is 14.7. The van der Waals surface area contributed by atoms with Crippen LogP contribution in [0.4, 0.5) is 13.2 Å². The molecule has 4 nitrogen and oxygen atoms in total. The molecule has 2 rings (SSSR count). The number of halogens is 3. The molecule has 0 saturated heterocycles. The molecule has 1 aromatic carbocycles. The molecule has 20 heavy (non-hydrogen) atoms. The van der Waals surface area contributed by atoms with Crippen molar-refractivity contribution in [2.45, 2.75) is 18.4 Å². The van der Waals surface area contributed by atoms with Crippen LogP contribution in [0.3, 0.4) is 0 Å². The van der Waals surface area contributed by atoms with Crippen LogP contribution in [0.25, 0.3) is 0 Å². The van der Waals surface area contributed by atoms with Gasteiger partial charge in [-0.3, -0.25) is 4.99 Å². The van der Waals surface area contributed by atoms with Crippen LogP contribution in [-0.2, 0) is 4.74 Å². The molecule has 0 unspecified atom stereocenters. The summed E-state index contributed by atoms with van der Waals surface area (Å²) in [7, 11) is 1.56. The van der Waals surface area contributed by atoms with Crippen LogP contribution in [0, 0.1) is 17.5 Å². The van der Waals surface area contributed by atoms with E-state index in [2.05, 4.69) is 10.3 Å². The molecular formula is C13H16F3N3O. The molecule has 0 aromatic heterocycles. The zero-order valence-electron chi connectivity index (χ0n) is 11.0. The Bertz CT molecular complexity index is 499. The summed E-state index contributed by atoms with van der Waals surface area (Å²) in [6.45, 7) is 0.900. The van der Waals surface area contributed by atoms with E-state index in [1.54, 1.807) is 7.11 Å². The van der Waals surface area contributed by atoms with E-state index in [1.165, 1.54) is 0 Å². The van der Waals surface area contributed by atoms with Gasteiger partial charge in [0.2, 0.25) is 0 Å². The minimum atomic E-state index is -1.44. The van der Waals surface area contributed by atoms with Crippen LogP contribution in [0.1, 0.15) is 17.9 Å². The highest BCUT2D eigenvalue weighted by Crippen LogP contribution is 2.41. The molecule has 1 aliphatic rings. The molecule has 1 aromatic rings. The summed E-state index contributed by atoms with van der Waals surface area (Å²) in [4.78, 5) is 4.02. The largest absolute Gasteiger partial charge is 0.383 e. The van der Waals surface area contributed by atoms with E-state index in [4.69, 9.17) is 10.5 Å². The van der Waals surface area contributed by atoms with E-state index >= 15 is 0 Å². The highest BCUT2D eigenvalue weighted by molar-refractivity contribution is 5.78. The standard InChI is InChI=1S/C13H16F3N3O/c1-20-3-2-18-13(17)19-11-6-8(11)7-4-9(14)12(16)10(15)5-7/h4-5,8,11H,2-3,6H2,1H3,(H3,17,18,19)/t8-,11+/m0/s1. The lowest BCUT2D eigenvalue weighted by atomic mass is 10.1. The SMILES string of the molecule is COCCN=C(N)N[C@@H]1C[C@H]1c1cc(F)c(F)c(F)c1. The second-order valence-corrected chi connectivity index (χ2v) is 4.65. The maximum absolute atomic E-state index is 13.1. The van der Waals surface area contributed by atoms with Gasteiger partial charge in [0.05, 0.1) is 13.2 Å². The minimum Gasteiger partial charge on any atom is -0.383 e. The fourth-order valence-corrected chi connectivity index (χ4v) is 2.01. The van der Waals surface area contributed by atoms with Crippen molar-refractivity contribution < 1.29 is 17.9 Å². The van der Waals surface area contributed by atoms with E-state index in [-0.39, 0.29) is 17.9 Å².